The molecule has 1 aromatic carbocycles. The van der Waals surface area contributed by atoms with Crippen LogP contribution in [0.5, 0.6) is 0 Å². The van der Waals surface area contributed by atoms with Gasteiger partial charge in [-0.15, -0.1) is 0 Å². The minimum Gasteiger partial charge on any atom is -0.369 e. The average Bonchev–Trinajstić information content (AvgIpc) is 2.76. The van der Waals surface area contributed by atoms with Crippen molar-refractivity contribution in [1.82, 2.24) is 9.97 Å². The predicted octanol–water partition coefficient (Wildman–Crippen LogP) is 3.79. The number of anilines is 1. The number of rotatable bonds is 8. The van der Waals surface area contributed by atoms with E-state index >= 15 is 0 Å². The lowest BCUT2D eigenvalue weighted by molar-refractivity contribution is -0.118. The number of nitrogens with two attached hydrogens (primary N) is 1. The Balaban J connectivity index is 2.01. The lowest BCUT2D eigenvalue weighted by Crippen LogP contribution is -2.24. The predicted molar refractivity (Wildman–Crippen MR) is 118 cm³/mol. The molecule has 3 N–H and O–H groups in total. The fraction of sp³-hybridized carbons (Fsp3) is 0.167. The van der Waals surface area contributed by atoms with Crippen molar-refractivity contribution in [3.63, 3.8) is 0 Å². The first-order chi connectivity index (χ1) is 15.0. The summed E-state index contributed by atoms with van der Waals surface area (Å²) < 4.78 is 13.5. The van der Waals surface area contributed by atoms with Crippen LogP contribution in [0.2, 0.25) is 0 Å². The van der Waals surface area contributed by atoms with Crippen LogP contribution in [0.4, 0.5) is 10.2 Å². The van der Waals surface area contributed by atoms with Gasteiger partial charge in [-0.25, -0.2) is 9.37 Å². The van der Waals surface area contributed by atoms with Gasteiger partial charge < -0.3 is 11.1 Å². The second-order valence-electron chi connectivity index (χ2n) is 6.90. The second-order valence-corrected chi connectivity index (χ2v) is 6.90. The maximum Gasteiger partial charge on any atom is 0.229 e. The molecule has 0 radical (unpaired) electrons. The van der Waals surface area contributed by atoms with Crippen LogP contribution in [0.15, 0.2) is 60.9 Å². The molecular formula is C24H22FN5O. The quantitative estimate of drug-likeness (QED) is 0.582. The van der Waals surface area contributed by atoms with Gasteiger partial charge in [0.1, 0.15) is 17.7 Å². The summed E-state index contributed by atoms with van der Waals surface area (Å²) in [7, 11) is 0. The first-order valence-corrected chi connectivity index (χ1v) is 9.78. The number of aromatic nitrogens is 2. The zero-order chi connectivity index (χ0) is 22.2. The van der Waals surface area contributed by atoms with E-state index in [-0.39, 0.29) is 5.82 Å². The van der Waals surface area contributed by atoms with E-state index in [1.54, 1.807) is 48.8 Å². The number of nitrogens with one attached hydrogen (secondary N) is 1. The van der Waals surface area contributed by atoms with Gasteiger partial charge in [0.05, 0.1) is 17.2 Å². The number of amides is 1. The average molecular weight is 415 g/mol. The molecule has 2 aromatic heterocycles. The summed E-state index contributed by atoms with van der Waals surface area (Å²) in [6.45, 7) is 2.28. The fourth-order valence-corrected chi connectivity index (χ4v) is 3.34. The largest absolute Gasteiger partial charge is 0.369 e. The third kappa shape index (κ3) is 5.31. The summed E-state index contributed by atoms with van der Waals surface area (Å²) in [5.41, 5.74) is 8.47. The molecule has 0 aliphatic carbocycles. The van der Waals surface area contributed by atoms with Crippen LogP contribution >= 0.6 is 0 Å². The number of carbonyl (C=O) groups is 1. The molecular weight excluding hydrogens is 393 g/mol. The normalized spacial score (nSPS) is 11.8. The second kappa shape index (κ2) is 10.1. The number of nitrogens with zero attached hydrogens (tertiary/aromatic N) is 3. The molecule has 0 saturated carbocycles. The molecule has 0 aliphatic rings. The molecule has 1 unspecified atom stereocenters. The summed E-state index contributed by atoms with van der Waals surface area (Å²) in [5.74, 6) is -1.26. The number of pyridine rings is 2. The number of primary amides is 1. The number of hydrogen-bond donors (Lipinski definition) is 2. The molecule has 31 heavy (non-hydrogen) atoms. The Hall–Kier alpha value is -4.05. The Morgan fingerprint density at radius 3 is 2.81 bits per heavy atom. The van der Waals surface area contributed by atoms with Gasteiger partial charge >= 0.3 is 0 Å². The monoisotopic (exact) mass is 415 g/mol. The highest BCUT2D eigenvalue weighted by Crippen LogP contribution is 2.31. The summed E-state index contributed by atoms with van der Waals surface area (Å²) in [6, 6.07) is 13.6. The molecule has 7 heteroatoms. The molecule has 3 aromatic rings. The number of allylic oxidation sites excluding steroid dienone is 1. The van der Waals surface area contributed by atoms with Gasteiger partial charge in [0.2, 0.25) is 5.91 Å². The van der Waals surface area contributed by atoms with E-state index < -0.39 is 11.8 Å². The summed E-state index contributed by atoms with van der Waals surface area (Å²) in [6.07, 6.45) is 7.23. The van der Waals surface area contributed by atoms with E-state index in [2.05, 4.69) is 21.4 Å². The minimum absolute atomic E-state index is 0.296. The van der Waals surface area contributed by atoms with E-state index in [1.807, 2.05) is 13.0 Å². The Morgan fingerprint density at radius 1 is 1.32 bits per heavy atom. The van der Waals surface area contributed by atoms with E-state index in [1.165, 1.54) is 12.1 Å². The number of hydrogen-bond acceptors (Lipinski definition) is 5. The molecule has 0 bridgehead atoms. The molecule has 0 saturated heterocycles. The smallest absolute Gasteiger partial charge is 0.229 e. The minimum atomic E-state index is -0.829. The molecule has 2 heterocycles. The van der Waals surface area contributed by atoms with Crippen molar-refractivity contribution < 1.29 is 9.18 Å². The van der Waals surface area contributed by atoms with E-state index in [9.17, 15) is 14.4 Å². The number of halogens is 1. The van der Waals surface area contributed by atoms with Crippen LogP contribution in [0, 0.1) is 17.1 Å². The highest BCUT2D eigenvalue weighted by atomic mass is 19.1. The van der Waals surface area contributed by atoms with Crippen LogP contribution < -0.4 is 11.1 Å². The molecule has 0 spiro atoms. The molecule has 1 amide bonds. The van der Waals surface area contributed by atoms with Crippen molar-refractivity contribution in [3.8, 4) is 6.07 Å². The molecule has 3 rings (SSSR count). The maximum absolute atomic E-state index is 13.5. The zero-order valence-corrected chi connectivity index (χ0v) is 17.0. The highest BCUT2D eigenvalue weighted by Gasteiger charge is 2.26. The van der Waals surface area contributed by atoms with Crippen molar-refractivity contribution in [2.45, 2.75) is 19.3 Å². The third-order valence-electron chi connectivity index (χ3n) is 4.73. The molecule has 6 nitrogen and oxygen atoms in total. The van der Waals surface area contributed by atoms with Crippen molar-refractivity contribution in [2.75, 3.05) is 11.9 Å². The van der Waals surface area contributed by atoms with Crippen molar-refractivity contribution in [3.05, 3.63) is 94.7 Å². The molecule has 156 valence electrons. The molecule has 1 atom stereocenters. The lowest BCUT2D eigenvalue weighted by Gasteiger charge is -2.19. The Kier molecular flexibility index (Phi) is 7.07. The number of carbonyl (C=O) groups excluding carboxylic acids is 1. The van der Waals surface area contributed by atoms with Crippen LogP contribution in [-0.2, 0) is 11.2 Å². The maximum atomic E-state index is 13.5. The first-order valence-electron chi connectivity index (χ1n) is 9.78. The van der Waals surface area contributed by atoms with Crippen molar-refractivity contribution >= 4 is 17.8 Å². The van der Waals surface area contributed by atoms with Gasteiger partial charge in [0, 0.05) is 24.5 Å². The highest BCUT2D eigenvalue weighted by molar-refractivity contribution is 5.87. The fourth-order valence-electron chi connectivity index (χ4n) is 3.34. The van der Waals surface area contributed by atoms with E-state index in [0.29, 0.717) is 41.2 Å². The van der Waals surface area contributed by atoms with Gasteiger partial charge in [0.15, 0.2) is 0 Å². The Labute approximate surface area is 180 Å². The summed E-state index contributed by atoms with van der Waals surface area (Å²) in [5, 5.41) is 12.8. The summed E-state index contributed by atoms with van der Waals surface area (Å²) in [4.78, 5) is 21.1. The summed E-state index contributed by atoms with van der Waals surface area (Å²) >= 11 is 0. The van der Waals surface area contributed by atoms with Crippen LogP contribution in [0.3, 0.4) is 0 Å². The van der Waals surface area contributed by atoms with Gasteiger partial charge in [-0.1, -0.05) is 24.3 Å². The SMILES string of the molecule is C/C=C/c1nc(NCCc2cccc(F)c2)c(C(C(N)=O)c2cccnc2)cc1C#N. The Morgan fingerprint density at radius 2 is 2.16 bits per heavy atom. The van der Waals surface area contributed by atoms with Crippen molar-refractivity contribution in [2.24, 2.45) is 5.73 Å². The van der Waals surface area contributed by atoms with Gasteiger partial charge in [0.25, 0.3) is 0 Å². The number of benzene rings is 1. The Bertz CT molecular complexity index is 1140. The topological polar surface area (TPSA) is 105 Å². The van der Waals surface area contributed by atoms with Gasteiger partial charge in [-0.2, -0.15) is 5.26 Å². The molecule has 0 aliphatic heterocycles. The number of nitriles is 1. The van der Waals surface area contributed by atoms with Crippen LogP contribution in [-0.4, -0.2) is 22.4 Å². The first kappa shape index (κ1) is 21.7. The third-order valence-corrected chi connectivity index (χ3v) is 4.73. The standard InChI is InChI=1S/C24H22FN5O/c1-2-5-21-18(14-26)13-20(22(23(27)31)17-7-4-10-28-15-17)24(30-21)29-11-9-16-6-3-8-19(25)12-16/h2-8,10,12-13,15,22H,9,11H2,1H3,(H2,27,31)(H,29,30)/b5-2+. The zero-order valence-electron chi connectivity index (χ0n) is 17.0. The van der Waals surface area contributed by atoms with E-state index in [4.69, 9.17) is 5.73 Å². The van der Waals surface area contributed by atoms with Crippen molar-refractivity contribution in [1.29, 1.82) is 5.26 Å². The van der Waals surface area contributed by atoms with E-state index in [0.717, 1.165) is 5.56 Å². The van der Waals surface area contributed by atoms with Crippen LogP contribution in [0.25, 0.3) is 6.08 Å². The van der Waals surface area contributed by atoms with Gasteiger partial charge in [-0.3, -0.25) is 9.78 Å². The lowest BCUT2D eigenvalue weighted by atomic mass is 9.90. The molecule has 0 fully saturated rings. The van der Waals surface area contributed by atoms with Gasteiger partial charge in [-0.05, 0) is 54.8 Å². The van der Waals surface area contributed by atoms with Crippen LogP contribution in [0.1, 0.15) is 40.8 Å².